The zero-order valence-corrected chi connectivity index (χ0v) is 18.1. The van der Waals surface area contributed by atoms with Crippen LogP contribution in [0.1, 0.15) is 34.5 Å². The fourth-order valence-corrected chi connectivity index (χ4v) is 4.58. The molecular weight excluding hydrogens is 394 g/mol. The Morgan fingerprint density at radius 3 is 2.77 bits per heavy atom. The Bertz CT molecular complexity index is 970. The lowest BCUT2D eigenvalue weighted by Crippen LogP contribution is -2.29. The predicted octanol–water partition coefficient (Wildman–Crippen LogP) is 4.81. The third kappa shape index (κ3) is 5.68. The molecule has 0 aliphatic carbocycles. The van der Waals surface area contributed by atoms with Gasteiger partial charge in [0, 0.05) is 37.4 Å². The van der Waals surface area contributed by atoms with E-state index >= 15 is 0 Å². The number of hydrogen-bond acceptors (Lipinski definition) is 5. The summed E-state index contributed by atoms with van der Waals surface area (Å²) in [5, 5.41) is 3.68. The van der Waals surface area contributed by atoms with E-state index in [2.05, 4.69) is 39.5 Å². The lowest BCUT2D eigenvalue weighted by atomic mass is 10.1. The molecule has 156 valence electrons. The van der Waals surface area contributed by atoms with E-state index in [0.29, 0.717) is 24.6 Å². The fourth-order valence-electron chi connectivity index (χ4n) is 3.52. The summed E-state index contributed by atoms with van der Waals surface area (Å²) in [6.45, 7) is 5.41. The molecule has 0 radical (unpaired) electrons. The molecule has 0 spiro atoms. The number of nitrogens with zero attached hydrogens (tertiary/aromatic N) is 2. The first kappa shape index (κ1) is 20.6. The van der Waals surface area contributed by atoms with Crippen molar-refractivity contribution in [2.24, 2.45) is 0 Å². The summed E-state index contributed by atoms with van der Waals surface area (Å²) in [6.07, 6.45) is 2.03. The molecule has 1 aliphatic heterocycles. The van der Waals surface area contributed by atoms with E-state index in [-0.39, 0.29) is 5.91 Å². The largest absolute Gasteiger partial charge is 0.494 e. The highest BCUT2D eigenvalue weighted by atomic mass is 32.1. The number of ether oxygens (including phenoxy) is 1. The van der Waals surface area contributed by atoms with Crippen LogP contribution in [0.4, 0.5) is 5.13 Å². The van der Waals surface area contributed by atoms with Gasteiger partial charge in [-0.3, -0.25) is 9.69 Å². The molecule has 0 bridgehead atoms. The monoisotopic (exact) mass is 421 g/mol. The molecule has 1 aromatic heterocycles. The minimum absolute atomic E-state index is 0.00487. The van der Waals surface area contributed by atoms with Crippen molar-refractivity contribution in [2.45, 2.75) is 39.3 Å². The number of fused-ring (bicyclic) bond motifs is 1. The number of thiazole rings is 1. The van der Waals surface area contributed by atoms with Crippen LogP contribution in [0.25, 0.3) is 0 Å². The van der Waals surface area contributed by atoms with E-state index in [1.807, 2.05) is 37.3 Å². The van der Waals surface area contributed by atoms with Crippen LogP contribution < -0.4 is 10.1 Å². The Morgan fingerprint density at radius 1 is 1.17 bits per heavy atom. The third-order valence-electron chi connectivity index (χ3n) is 5.14. The van der Waals surface area contributed by atoms with Crippen molar-refractivity contribution >= 4 is 22.4 Å². The number of aryl methyl sites for hydroxylation is 1. The average Bonchev–Trinajstić information content (AvgIpc) is 3.14. The number of aromatic nitrogens is 1. The van der Waals surface area contributed by atoms with Crippen molar-refractivity contribution in [1.82, 2.24) is 9.88 Å². The maximum atomic E-state index is 12.3. The van der Waals surface area contributed by atoms with Crippen LogP contribution in [0.2, 0.25) is 0 Å². The van der Waals surface area contributed by atoms with Crippen LogP contribution in [0.15, 0.2) is 54.6 Å². The summed E-state index contributed by atoms with van der Waals surface area (Å²) in [5.41, 5.74) is 3.66. The van der Waals surface area contributed by atoms with E-state index in [9.17, 15) is 4.79 Å². The number of hydrogen-bond donors (Lipinski definition) is 1. The van der Waals surface area contributed by atoms with Crippen molar-refractivity contribution in [3.63, 3.8) is 0 Å². The lowest BCUT2D eigenvalue weighted by molar-refractivity contribution is -0.116. The molecule has 0 unspecified atom stereocenters. The van der Waals surface area contributed by atoms with Gasteiger partial charge in [-0.2, -0.15) is 0 Å². The number of nitrogens with one attached hydrogen (secondary N) is 1. The SMILES string of the molecule is Cc1ccc(OCCCC(=O)Nc2nc3c(s2)CN(Cc2ccccc2)CC3)cc1. The molecule has 0 atom stereocenters. The van der Waals surface area contributed by atoms with E-state index < -0.39 is 0 Å². The Labute approximate surface area is 181 Å². The number of anilines is 1. The summed E-state index contributed by atoms with van der Waals surface area (Å²) in [7, 11) is 0. The molecule has 0 saturated heterocycles. The Morgan fingerprint density at radius 2 is 1.97 bits per heavy atom. The van der Waals surface area contributed by atoms with Gasteiger partial charge < -0.3 is 10.1 Å². The summed E-state index contributed by atoms with van der Waals surface area (Å²) < 4.78 is 5.69. The number of benzene rings is 2. The fraction of sp³-hybridized carbons (Fsp3) is 0.333. The van der Waals surface area contributed by atoms with Crippen LogP contribution in [-0.2, 0) is 24.3 Å². The maximum Gasteiger partial charge on any atom is 0.226 e. The van der Waals surface area contributed by atoms with Gasteiger partial charge in [-0.1, -0.05) is 48.0 Å². The van der Waals surface area contributed by atoms with Gasteiger partial charge in [-0.15, -0.1) is 11.3 Å². The normalized spacial score (nSPS) is 13.6. The van der Waals surface area contributed by atoms with Crippen LogP contribution in [0.5, 0.6) is 5.75 Å². The zero-order chi connectivity index (χ0) is 20.8. The molecule has 6 heteroatoms. The molecular formula is C24H27N3O2S. The van der Waals surface area contributed by atoms with Gasteiger partial charge in [-0.05, 0) is 31.0 Å². The Balaban J connectivity index is 1.22. The second-order valence-corrected chi connectivity index (χ2v) is 8.73. The Hall–Kier alpha value is -2.70. The van der Waals surface area contributed by atoms with E-state index in [0.717, 1.165) is 37.5 Å². The van der Waals surface area contributed by atoms with Gasteiger partial charge in [0.25, 0.3) is 0 Å². The highest BCUT2D eigenvalue weighted by Gasteiger charge is 2.21. The highest BCUT2D eigenvalue weighted by Crippen LogP contribution is 2.29. The van der Waals surface area contributed by atoms with Gasteiger partial charge in [-0.25, -0.2) is 4.98 Å². The van der Waals surface area contributed by atoms with Crippen molar-refractivity contribution in [2.75, 3.05) is 18.5 Å². The second-order valence-electron chi connectivity index (χ2n) is 7.65. The lowest BCUT2D eigenvalue weighted by Gasteiger charge is -2.25. The van der Waals surface area contributed by atoms with Crippen LogP contribution in [0, 0.1) is 6.92 Å². The summed E-state index contributed by atoms with van der Waals surface area (Å²) in [6, 6.07) is 18.5. The first-order valence-electron chi connectivity index (χ1n) is 10.4. The van der Waals surface area contributed by atoms with Crippen LogP contribution in [-0.4, -0.2) is 28.9 Å². The minimum Gasteiger partial charge on any atom is -0.494 e. The standard InChI is InChI=1S/C24H27N3O2S/c1-18-9-11-20(12-10-18)29-15-5-8-23(28)26-24-25-21-13-14-27(17-22(21)30-24)16-19-6-3-2-4-7-19/h2-4,6-7,9-12H,5,8,13-17H2,1H3,(H,25,26,28). The summed E-state index contributed by atoms with van der Waals surface area (Å²) >= 11 is 1.60. The van der Waals surface area contributed by atoms with E-state index in [1.165, 1.54) is 16.0 Å². The van der Waals surface area contributed by atoms with E-state index in [4.69, 9.17) is 4.74 Å². The molecule has 1 amide bonds. The molecule has 3 aromatic rings. The van der Waals surface area contributed by atoms with Crippen molar-refractivity contribution in [1.29, 1.82) is 0 Å². The number of rotatable bonds is 8. The Kier molecular flexibility index (Phi) is 6.77. The second kappa shape index (κ2) is 9.87. The van der Waals surface area contributed by atoms with Gasteiger partial charge in [0.15, 0.2) is 5.13 Å². The molecule has 4 rings (SSSR count). The molecule has 2 aromatic carbocycles. The van der Waals surface area contributed by atoms with Gasteiger partial charge in [0.2, 0.25) is 5.91 Å². The number of carbonyl (C=O) groups excluding carboxylic acids is 1. The maximum absolute atomic E-state index is 12.3. The smallest absolute Gasteiger partial charge is 0.226 e. The topological polar surface area (TPSA) is 54.5 Å². The molecule has 5 nitrogen and oxygen atoms in total. The van der Waals surface area contributed by atoms with Crippen LogP contribution in [0.3, 0.4) is 0 Å². The zero-order valence-electron chi connectivity index (χ0n) is 17.3. The first-order chi connectivity index (χ1) is 14.7. The molecule has 2 heterocycles. The molecule has 30 heavy (non-hydrogen) atoms. The number of carbonyl (C=O) groups is 1. The predicted molar refractivity (Wildman–Crippen MR) is 121 cm³/mol. The van der Waals surface area contributed by atoms with Gasteiger partial charge in [0.1, 0.15) is 5.75 Å². The first-order valence-corrected chi connectivity index (χ1v) is 11.2. The molecule has 1 aliphatic rings. The quantitative estimate of drug-likeness (QED) is 0.531. The van der Waals surface area contributed by atoms with Crippen molar-refractivity contribution in [3.8, 4) is 5.75 Å². The van der Waals surface area contributed by atoms with Gasteiger partial charge >= 0.3 is 0 Å². The molecule has 1 N–H and O–H groups in total. The average molecular weight is 422 g/mol. The van der Waals surface area contributed by atoms with Crippen molar-refractivity contribution in [3.05, 3.63) is 76.3 Å². The molecule has 0 saturated carbocycles. The van der Waals surface area contributed by atoms with Crippen molar-refractivity contribution < 1.29 is 9.53 Å². The summed E-state index contributed by atoms with van der Waals surface area (Å²) in [5.74, 6) is 0.836. The summed E-state index contributed by atoms with van der Waals surface area (Å²) in [4.78, 5) is 20.6. The third-order valence-corrected chi connectivity index (χ3v) is 6.14. The molecule has 0 fully saturated rings. The number of amides is 1. The van der Waals surface area contributed by atoms with E-state index in [1.54, 1.807) is 11.3 Å². The minimum atomic E-state index is -0.00487. The van der Waals surface area contributed by atoms with Crippen LogP contribution >= 0.6 is 11.3 Å². The highest BCUT2D eigenvalue weighted by molar-refractivity contribution is 7.15. The van der Waals surface area contributed by atoms with Gasteiger partial charge in [0.05, 0.1) is 12.3 Å².